The summed E-state index contributed by atoms with van der Waals surface area (Å²) in [6, 6.07) is 20.0. The van der Waals surface area contributed by atoms with Gasteiger partial charge in [0.15, 0.2) is 5.79 Å². The smallest absolute Gasteiger partial charge is 0.410 e. The van der Waals surface area contributed by atoms with Crippen LogP contribution in [0.3, 0.4) is 0 Å². The topological polar surface area (TPSA) is 125 Å². The van der Waals surface area contributed by atoms with Gasteiger partial charge in [0.05, 0.1) is 26.4 Å². The highest BCUT2D eigenvalue weighted by Gasteiger charge is 2.56. The van der Waals surface area contributed by atoms with Crippen LogP contribution < -0.4 is 5.32 Å². The van der Waals surface area contributed by atoms with Crippen LogP contribution in [0.15, 0.2) is 60.7 Å². The van der Waals surface area contributed by atoms with Gasteiger partial charge in [-0.1, -0.05) is 74.0 Å². The Labute approximate surface area is 284 Å². The van der Waals surface area contributed by atoms with Crippen LogP contribution in [0.1, 0.15) is 70.4 Å². The van der Waals surface area contributed by atoms with Crippen molar-refractivity contribution in [3.05, 3.63) is 71.8 Å². The second-order valence-electron chi connectivity index (χ2n) is 13.8. The molecule has 5 rings (SSSR count). The highest BCUT2D eigenvalue weighted by Crippen LogP contribution is 2.39. The van der Waals surface area contributed by atoms with Crippen molar-refractivity contribution in [2.75, 3.05) is 26.9 Å². The summed E-state index contributed by atoms with van der Waals surface area (Å²) in [6.45, 7) is 7.20. The molecule has 3 aliphatic heterocycles. The number of ether oxygens (including phenoxy) is 6. The van der Waals surface area contributed by atoms with Crippen LogP contribution in [0.5, 0.6) is 0 Å². The van der Waals surface area contributed by atoms with Crippen LogP contribution in [0, 0.1) is 5.92 Å². The Morgan fingerprint density at radius 2 is 1.69 bits per heavy atom. The fourth-order valence-corrected chi connectivity index (χ4v) is 6.95. The molecule has 0 spiro atoms. The number of carbonyl (C=O) groups is 2. The minimum Gasteiger partial charge on any atom is -0.465 e. The van der Waals surface area contributed by atoms with Crippen molar-refractivity contribution in [2.45, 2.75) is 114 Å². The Balaban J connectivity index is 1.15. The van der Waals surface area contributed by atoms with E-state index in [4.69, 9.17) is 28.4 Å². The summed E-state index contributed by atoms with van der Waals surface area (Å²) in [5.74, 6) is -3.38. The van der Waals surface area contributed by atoms with Gasteiger partial charge in [-0.05, 0) is 56.6 Å². The van der Waals surface area contributed by atoms with E-state index in [0.717, 1.165) is 36.8 Å². The molecule has 264 valence electrons. The second kappa shape index (κ2) is 16.6. The Morgan fingerprint density at radius 3 is 2.35 bits per heavy atom. The van der Waals surface area contributed by atoms with Gasteiger partial charge in [-0.3, -0.25) is 0 Å². The van der Waals surface area contributed by atoms with Crippen molar-refractivity contribution < 1.29 is 43.1 Å². The number of esters is 1. The number of aliphatic hydroxyl groups excluding tert-OH is 1. The van der Waals surface area contributed by atoms with Crippen LogP contribution in [0.2, 0.25) is 0 Å². The molecule has 11 nitrogen and oxygen atoms in total. The van der Waals surface area contributed by atoms with Gasteiger partial charge in [-0.25, -0.2) is 9.59 Å². The van der Waals surface area contributed by atoms with E-state index in [9.17, 15) is 14.7 Å². The van der Waals surface area contributed by atoms with Crippen molar-refractivity contribution in [2.24, 2.45) is 5.92 Å². The monoisotopic (exact) mass is 668 g/mol. The molecule has 2 aromatic carbocycles. The number of aliphatic hydroxyl groups is 1. The summed E-state index contributed by atoms with van der Waals surface area (Å²) in [5.41, 5.74) is 1.99. The van der Waals surface area contributed by atoms with E-state index < -0.39 is 35.9 Å². The zero-order chi connectivity index (χ0) is 34.1. The second-order valence-corrected chi connectivity index (χ2v) is 13.8. The minimum absolute atomic E-state index is 0.113. The van der Waals surface area contributed by atoms with E-state index in [0.29, 0.717) is 19.5 Å². The predicted molar refractivity (Wildman–Crippen MR) is 178 cm³/mol. The van der Waals surface area contributed by atoms with Crippen LogP contribution in [0.4, 0.5) is 4.79 Å². The molecule has 3 fully saturated rings. The van der Waals surface area contributed by atoms with Crippen LogP contribution in [-0.4, -0.2) is 90.9 Å². The number of hydrogen-bond donors (Lipinski definition) is 2. The van der Waals surface area contributed by atoms with E-state index in [1.54, 1.807) is 18.7 Å². The molecular formula is C37H52N2O9. The molecule has 0 saturated carbocycles. The number of piperidine rings is 1. The first-order chi connectivity index (χ1) is 23.1. The molecule has 7 atom stereocenters. The highest BCUT2D eigenvalue weighted by atomic mass is 16.8. The summed E-state index contributed by atoms with van der Waals surface area (Å²) >= 11 is 0. The van der Waals surface area contributed by atoms with E-state index in [-0.39, 0.29) is 50.3 Å². The Morgan fingerprint density at radius 1 is 1.00 bits per heavy atom. The van der Waals surface area contributed by atoms with E-state index in [1.807, 2.05) is 67.6 Å². The number of rotatable bonds is 13. The lowest BCUT2D eigenvalue weighted by molar-refractivity contribution is -0.318. The van der Waals surface area contributed by atoms with Gasteiger partial charge in [0.1, 0.15) is 18.8 Å². The molecule has 2 aromatic rings. The molecule has 0 bridgehead atoms. The lowest BCUT2D eigenvalue weighted by Crippen LogP contribution is -2.60. The van der Waals surface area contributed by atoms with Crippen LogP contribution >= 0.6 is 0 Å². The number of nitrogens with one attached hydrogen (secondary N) is 1. The first-order valence-corrected chi connectivity index (χ1v) is 17.2. The number of benzene rings is 2. The molecule has 3 saturated heterocycles. The van der Waals surface area contributed by atoms with E-state index in [2.05, 4.69) is 5.32 Å². The van der Waals surface area contributed by atoms with Gasteiger partial charge < -0.3 is 43.7 Å². The lowest BCUT2D eigenvalue weighted by Gasteiger charge is -2.45. The summed E-state index contributed by atoms with van der Waals surface area (Å²) in [5, 5.41) is 14.7. The molecule has 0 aliphatic carbocycles. The van der Waals surface area contributed by atoms with Crippen molar-refractivity contribution in [3.63, 3.8) is 0 Å². The summed E-state index contributed by atoms with van der Waals surface area (Å²) in [7, 11) is 1.31. The maximum atomic E-state index is 13.3. The Bertz CT molecular complexity index is 1310. The van der Waals surface area contributed by atoms with E-state index in [1.165, 1.54) is 7.11 Å². The molecule has 0 aromatic heterocycles. The Hall–Kier alpha value is -3.06. The van der Waals surface area contributed by atoms with Crippen molar-refractivity contribution in [1.82, 2.24) is 10.2 Å². The molecular weight excluding hydrogens is 616 g/mol. The number of amides is 1. The first-order valence-electron chi connectivity index (χ1n) is 17.2. The maximum absolute atomic E-state index is 13.3. The number of carbonyl (C=O) groups excluding carboxylic acids is 2. The molecule has 11 heteroatoms. The van der Waals surface area contributed by atoms with Gasteiger partial charge in [0.2, 0.25) is 0 Å². The maximum Gasteiger partial charge on any atom is 0.410 e. The predicted octanol–water partition coefficient (Wildman–Crippen LogP) is 4.94. The van der Waals surface area contributed by atoms with Gasteiger partial charge in [-0.15, -0.1) is 0 Å². The van der Waals surface area contributed by atoms with Crippen LogP contribution in [-0.2, 0) is 46.4 Å². The molecule has 2 N–H and O–H groups in total. The van der Waals surface area contributed by atoms with Crippen molar-refractivity contribution >= 4 is 12.1 Å². The third kappa shape index (κ3) is 9.55. The number of hydrogen-bond acceptors (Lipinski definition) is 10. The fourth-order valence-electron chi connectivity index (χ4n) is 6.95. The largest absolute Gasteiger partial charge is 0.465 e. The van der Waals surface area contributed by atoms with Crippen molar-refractivity contribution in [1.29, 1.82) is 0 Å². The van der Waals surface area contributed by atoms with Gasteiger partial charge in [0.25, 0.3) is 5.79 Å². The quantitative estimate of drug-likeness (QED) is 0.224. The van der Waals surface area contributed by atoms with Gasteiger partial charge >= 0.3 is 12.1 Å². The third-order valence-corrected chi connectivity index (χ3v) is 9.46. The number of nitrogens with zero attached hydrogens (tertiary/aromatic N) is 1. The van der Waals surface area contributed by atoms with Crippen LogP contribution in [0.25, 0.3) is 0 Å². The third-order valence-electron chi connectivity index (χ3n) is 9.46. The normalized spacial score (nSPS) is 30.0. The minimum atomic E-state index is -1.64. The number of methoxy groups -OCH3 is 1. The zero-order valence-electron chi connectivity index (χ0n) is 28.7. The summed E-state index contributed by atoms with van der Waals surface area (Å²) < 4.78 is 35.0. The first kappa shape index (κ1) is 36.2. The molecule has 3 unspecified atom stereocenters. The molecule has 0 radical (unpaired) electrons. The lowest BCUT2D eigenvalue weighted by atomic mass is 9.86. The highest BCUT2D eigenvalue weighted by molar-refractivity contribution is 5.78. The molecule has 1 amide bonds. The SMILES string of the molecule is COC(=O)[C@@]1(OCCCC2CCCC(CN(Cc3ccccc3)C(=O)OCc3ccccc3)N2)C[C@@H](C)[C@@H](O)C([C@H]2COC(C)(C)O2)O1. The van der Waals surface area contributed by atoms with E-state index >= 15 is 0 Å². The standard InChI is InChI=1S/C37H52N2O9/c1-26-21-37(34(41)43-4,48-33(32(26)40)31-25-46-36(2,3)47-31)45-20-12-19-29-17-11-18-30(38-29)23-39(22-27-13-7-5-8-14-27)35(42)44-24-28-15-9-6-10-16-28/h5-10,13-16,26,29-33,38,40H,11-12,17-25H2,1-4H3/t26-,29?,30?,31-,32-,33?,37-/m1/s1. The molecule has 3 aliphatic rings. The van der Waals surface area contributed by atoms with Gasteiger partial charge in [-0.2, -0.15) is 0 Å². The summed E-state index contributed by atoms with van der Waals surface area (Å²) in [6.07, 6.45) is 2.10. The Kier molecular flexibility index (Phi) is 12.5. The molecule has 48 heavy (non-hydrogen) atoms. The van der Waals surface area contributed by atoms with Gasteiger partial charge in [0, 0.05) is 31.6 Å². The molecule has 3 heterocycles. The summed E-state index contributed by atoms with van der Waals surface area (Å²) in [4.78, 5) is 28.2. The average molecular weight is 669 g/mol. The van der Waals surface area contributed by atoms with Crippen molar-refractivity contribution in [3.8, 4) is 0 Å². The fraction of sp³-hybridized carbons (Fsp3) is 0.622. The zero-order valence-corrected chi connectivity index (χ0v) is 28.7. The average Bonchev–Trinajstić information content (AvgIpc) is 3.46.